The zero-order chi connectivity index (χ0) is 18.9. The van der Waals surface area contributed by atoms with Gasteiger partial charge in [-0.15, -0.1) is 0 Å². The van der Waals surface area contributed by atoms with Crippen LogP contribution >= 0.6 is 23.2 Å². The van der Waals surface area contributed by atoms with Gasteiger partial charge in [-0.25, -0.2) is 4.39 Å². The molecule has 0 aromatic heterocycles. The lowest BCUT2D eigenvalue weighted by atomic mass is 10.0. The summed E-state index contributed by atoms with van der Waals surface area (Å²) in [4.78, 5) is 12.4. The Morgan fingerprint density at radius 3 is 2.46 bits per heavy atom. The van der Waals surface area contributed by atoms with E-state index in [2.05, 4.69) is 0 Å². The molecule has 2 atom stereocenters. The number of carbonyl (C=O) groups excluding carboxylic acids is 1. The Morgan fingerprint density at radius 2 is 1.81 bits per heavy atom. The predicted molar refractivity (Wildman–Crippen MR) is 102 cm³/mol. The second kappa shape index (κ2) is 7.42. The third kappa shape index (κ3) is 4.11. The van der Waals surface area contributed by atoms with Crippen molar-refractivity contribution in [1.29, 1.82) is 0 Å². The number of ether oxygens (including phenoxy) is 1. The van der Waals surface area contributed by atoms with Gasteiger partial charge in [-0.05, 0) is 52.3 Å². The summed E-state index contributed by atoms with van der Waals surface area (Å²) in [5.74, 6) is -0.811. The molecule has 0 aliphatic heterocycles. The zero-order valence-electron chi connectivity index (χ0n) is 14.5. The molecule has 2 unspecified atom stereocenters. The van der Waals surface area contributed by atoms with E-state index >= 15 is 0 Å². The maximum Gasteiger partial charge on any atom is 0.310 e. The van der Waals surface area contributed by atoms with E-state index in [0.29, 0.717) is 0 Å². The first-order valence-electron chi connectivity index (χ1n) is 8.33. The minimum absolute atomic E-state index is 0.0152. The van der Waals surface area contributed by atoms with Crippen molar-refractivity contribution in [3.63, 3.8) is 0 Å². The summed E-state index contributed by atoms with van der Waals surface area (Å²) in [5, 5.41) is 0. The maximum atomic E-state index is 13.4. The Bertz CT molecular complexity index is 857. The van der Waals surface area contributed by atoms with E-state index in [4.69, 9.17) is 27.9 Å². The fraction of sp³-hybridized carbons (Fsp3) is 0.286. The minimum atomic E-state index is -0.285. The van der Waals surface area contributed by atoms with E-state index in [0.717, 1.165) is 16.7 Å². The van der Waals surface area contributed by atoms with Crippen molar-refractivity contribution in [3.8, 4) is 11.1 Å². The highest BCUT2D eigenvalue weighted by atomic mass is 35.5. The van der Waals surface area contributed by atoms with Crippen molar-refractivity contribution < 1.29 is 13.9 Å². The smallest absolute Gasteiger partial charge is 0.310 e. The third-order valence-corrected chi connectivity index (χ3v) is 5.19. The van der Waals surface area contributed by atoms with Crippen LogP contribution in [0.5, 0.6) is 0 Å². The molecule has 0 amide bonds. The number of halogens is 3. The van der Waals surface area contributed by atoms with Gasteiger partial charge in [0.2, 0.25) is 0 Å². The molecule has 0 saturated heterocycles. The zero-order valence-corrected chi connectivity index (χ0v) is 16.0. The van der Waals surface area contributed by atoms with Gasteiger partial charge in [-0.2, -0.15) is 0 Å². The Balaban J connectivity index is 1.66. The standard InChI is InChI=1S/C21H19Cl2FO2/c1-21(2)17(11-18(22)23)19(21)20(25)26-12-13-5-3-6-14(9-13)15-7-4-8-16(24)10-15/h3-11,17,19H,12H2,1-2H3. The molecule has 2 aromatic carbocycles. The Kier molecular flexibility index (Phi) is 5.40. The molecule has 2 aromatic rings. The van der Waals surface area contributed by atoms with Gasteiger partial charge in [0.15, 0.2) is 0 Å². The second-order valence-electron chi connectivity index (χ2n) is 7.10. The number of benzene rings is 2. The third-order valence-electron chi connectivity index (χ3n) is 4.94. The Hall–Kier alpha value is -1.84. The van der Waals surface area contributed by atoms with Gasteiger partial charge in [0.1, 0.15) is 16.9 Å². The van der Waals surface area contributed by atoms with Crippen LogP contribution in [0.25, 0.3) is 11.1 Å². The number of rotatable bonds is 5. The van der Waals surface area contributed by atoms with Crippen LogP contribution in [0.1, 0.15) is 19.4 Å². The summed E-state index contributed by atoms with van der Waals surface area (Å²) in [6, 6.07) is 13.9. The first kappa shape index (κ1) is 18.9. The molecule has 0 spiro atoms. The number of esters is 1. The van der Waals surface area contributed by atoms with Crippen LogP contribution in [-0.2, 0) is 16.1 Å². The van der Waals surface area contributed by atoms with Crippen molar-refractivity contribution in [2.45, 2.75) is 20.5 Å². The molecule has 1 fully saturated rings. The van der Waals surface area contributed by atoms with Gasteiger partial charge in [0, 0.05) is 0 Å². The summed E-state index contributed by atoms with van der Waals surface area (Å²) < 4.78 is 19.1. The van der Waals surface area contributed by atoms with Crippen LogP contribution in [0.15, 0.2) is 59.1 Å². The highest BCUT2D eigenvalue weighted by Gasteiger charge is 2.61. The van der Waals surface area contributed by atoms with Crippen molar-refractivity contribution in [2.24, 2.45) is 17.3 Å². The fourth-order valence-electron chi connectivity index (χ4n) is 3.33. The SMILES string of the molecule is CC1(C)C(C=C(Cl)Cl)C1C(=O)OCc1cccc(-c2cccc(F)c2)c1. The topological polar surface area (TPSA) is 26.3 Å². The molecule has 0 N–H and O–H groups in total. The number of hydrogen-bond donors (Lipinski definition) is 0. The lowest BCUT2D eigenvalue weighted by Gasteiger charge is -2.08. The van der Waals surface area contributed by atoms with Gasteiger partial charge >= 0.3 is 5.97 Å². The summed E-state index contributed by atoms with van der Waals surface area (Å²) in [5.41, 5.74) is 2.29. The fourth-order valence-corrected chi connectivity index (χ4v) is 3.60. The van der Waals surface area contributed by atoms with Gasteiger partial charge < -0.3 is 4.74 Å². The molecule has 26 heavy (non-hydrogen) atoms. The predicted octanol–water partition coefficient (Wildman–Crippen LogP) is 6.13. The van der Waals surface area contributed by atoms with E-state index in [1.807, 2.05) is 44.2 Å². The summed E-state index contributed by atoms with van der Waals surface area (Å²) in [7, 11) is 0. The van der Waals surface area contributed by atoms with Gasteiger partial charge in [-0.1, -0.05) is 67.4 Å². The van der Waals surface area contributed by atoms with Crippen LogP contribution in [-0.4, -0.2) is 5.97 Å². The average Bonchev–Trinajstić information content (AvgIpc) is 3.12. The number of allylic oxidation sites excluding steroid dienone is 1. The van der Waals surface area contributed by atoms with Crippen molar-refractivity contribution in [1.82, 2.24) is 0 Å². The summed E-state index contributed by atoms with van der Waals surface area (Å²) in [6.07, 6.45) is 1.69. The quantitative estimate of drug-likeness (QED) is 0.572. The maximum absolute atomic E-state index is 13.4. The highest BCUT2D eigenvalue weighted by Crippen LogP contribution is 2.60. The van der Waals surface area contributed by atoms with E-state index in [1.54, 1.807) is 12.1 Å². The van der Waals surface area contributed by atoms with Gasteiger partial charge in [0.05, 0.1) is 5.92 Å². The van der Waals surface area contributed by atoms with Crippen molar-refractivity contribution in [2.75, 3.05) is 0 Å². The molecule has 3 rings (SSSR count). The normalized spacial score (nSPS) is 20.3. The largest absolute Gasteiger partial charge is 0.461 e. The molecule has 5 heteroatoms. The summed E-state index contributed by atoms with van der Waals surface area (Å²) >= 11 is 11.4. The molecule has 136 valence electrons. The van der Waals surface area contributed by atoms with Crippen molar-refractivity contribution in [3.05, 3.63) is 70.5 Å². The molecular formula is C21H19Cl2FO2. The van der Waals surface area contributed by atoms with E-state index in [1.165, 1.54) is 12.1 Å². The molecule has 0 heterocycles. The first-order chi connectivity index (χ1) is 12.3. The van der Waals surface area contributed by atoms with E-state index in [9.17, 15) is 9.18 Å². The lowest BCUT2D eigenvalue weighted by Crippen LogP contribution is -2.10. The molecule has 1 aliphatic rings. The number of hydrogen-bond acceptors (Lipinski definition) is 2. The van der Waals surface area contributed by atoms with Crippen LogP contribution in [0.2, 0.25) is 0 Å². The Labute approximate surface area is 162 Å². The highest BCUT2D eigenvalue weighted by molar-refractivity contribution is 6.55. The summed E-state index contributed by atoms with van der Waals surface area (Å²) in [6.45, 7) is 4.14. The van der Waals surface area contributed by atoms with Gasteiger partial charge in [0.25, 0.3) is 0 Å². The first-order valence-corrected chi connectivity index (χ1v) is 9.09. The molecule has 2 nitrogen and oxygen atoms in total. The molecule has 1 saturated carbocycles. The van der Waals surface area contributed by atoms with E-state index in [-0.39, 0.29) is 40.1 Å². The monoisotopic (exact) mass is 392 g/mol. The molecule has 0 bridgehead atoms. The molecular weight excluding hydrogens is 374 g/mol. The average molecular weight is 393 g/mol. The van der Waals surface area contributed by atoms with Crippen LogP contribution in [0, 0.1) is 23.1 Å². The van der Waals surface area contributed by atoms with Crippen LogP contribution in [0.4, 0.5) is 4.39 Å². The lowest BCUT2D eigenvalue weighted by molar-refractivity contribution is -0.147. The van der Waals surface area contributed by atoms with Crippen molar-refractivity contribution >= 4 is 29.2 Å². The van der Waals surface area contributed by atoms with E-state index < -0.39 is 0 Å². The molecule has 0 radical (unpaired) electrons. The molecule has 1 aliphatic carbocycles. The van der Waals surface area contributed by atoms with Crippen LogP contribution < -0.4 is 0 Å². The number of carbonyl (C=O) groups is 1. The van der Waals surface area contributed by atoms with Crippen LogP contribution in [0.3, 0.4) is 0 Å². The second-order valence-corrected chi connectivity index (χ2v) is 8.11. The minimum Gasteiger partial charge on any atom is -0.461 e. The van der Waals surface area contributed by atoms with Gasteiger partial charge in [-0.3, -0.25) is 4.79 Å². The Morgan fingerprint density at radius 1 is 1.15 bits per heavy atom.